The number of ether oxygens (including phenoxy) is 1. The summed E-state index contributed by atoms with van der Waals surface area (Å²) in [6, 6.07) is -1.29. The molecule has 2 N–H and O–H groups in total. The molecule has 2 rings (SSSR count). The average molecular weight is 292 g/mol. The van der Waals surface area contributed by atoms with Gasteiger partial charge in [-0.05, 0) is 33.6 Å². The predicted octanol–water partition coefficient (Wildman–Crippen LogP) is 1.35. The number of piperazine rings is 1. The Morgan fingerprint density at radius 2 is 2.05 bits per heavy atom. The van der Waals surface area contributed by atoms with Crippen LogP contribution >= 0.6 is 0 Å². The highest BCUT2D eigenvalue weighted by molar-refractivity contribution is 5.70. The van der Waals surface area contributed by atoms with Gasteiger partial charge in [0.15, 0.2) is 0 Å². The number of hydrogen-bond donors (Lipinski definition) is 2. The number of nitrogens with one attached hydrogen (secondary N) is 1. The Morgan fingerprint density at radius 1 is 1.40 bits per heavy atom. The Balaban J connectivity index is 2.12. The molecule has 2 aliphatic rings. The molecule has 2 bridgehead atoms. The number of rotatable bonds is 2. The van der Waals surface area contributed by atoms with Crippen LogP contribution in [-0.4, -0.2) is 58.9 Å². The molecule has 0 aromatic carbocycles. The number of aliphatic hydroxyl groups excluding tert-OH is 1. The molecule has 0 aromatic rings. The summed E-state index contributed by atoms with van der Waals surface area (Å²) in [5.41, 5.74) is -0.627. The Labute approximate surface area is 117 Å². The van der Waals surface area contributed by atoms with Gasteiger partial charge in [0.1, 0.15) is 11.7 Å². The van der Waals surface area contributed by atoms with Crippen LogP contribution in [0.4, 0.5) is 13.6 Å². The second-order valence-corrected chi connectivity index (χ2v) is 6.45. The van der Waals surface area contributed by atoms with Crippen molar-refractivity contribution in [1.29, 1.82) is 0 Å². The fraction of sp³-hybridized carbons (Fsp3) is 0.923. The Bertz CT molecular complexity index is 373. The molecule has 0 spiro atoms. The quantitative estimate of drug-likeness (QED) is 0.806. The van der Waals surface area contributed by atoms with Crippen LogP contribution in [0.1, 0.15) is 33.6 Å². The Morgan fingerprint density at radius 3 is 2.60 bits per heavy atom. The zero-order valence-electron chi connectivity index (χ0n) is 12.0. The van der Waals surface area contributed by atoms with Crippen molar-refractivity contribution in [3.8, 4) is 0 Å². The van der Waals surface area contributed by atoms with E-state index in [1.807, 2.05) is 0 Å². The minimum absolute atomic E-state index is 0.0454. The van der Waals surface area contributed by atoms with E-state index in [9.17, 15) is 18.7 Å². The molecular formula is C13H22F2N2O3. The molecule has 2 heterocycles. The number of amides is 1. The summed E-state index contributed by atoms with van der Waals surface area (Å²) in [6.45, 7) is 5.70. The Hall–Kier alpha value is -0.950. The van der Waals surface area contributed by atoms with E-state index in [1.165, 1.54) is 4.90 Å². The summed E-state index contributed by atoms with van der Waals surface area (Å²) >= 11 is 0. The zero-order chi connectivity index (χ0) is 15.1. The summed E-state index contributed by atoms with van der Waals surface area (Å²) in [6.07, 6.45) is -3.75. The van der Waals surface area contributed by atoms with Crippen LogP contribution in [0.5, 0.6) is 0 Å². The third-order valence-corrected chi connectivity index (χ3v) is 3.78. The first-order valence-electron chi connectivity index (χ1n) is 6.91. The monoisotopic (exact) mass is 292 g/mol. The number of fused-ring (bicyclic) bond motifs is 2. The summed E-state index contributed by atoms with van der Waals surface area (Å²) in [5.74, 6) is 0. The van der Waals surface area contributed by atoms with Crippen molar-refractivity contribution in [3.63, 3.8) is 0 Å². The lowest BCUT2D eigenvalue weighted by atomic mass is 9.99. The molecule has 0 unspecified atom stereocenters. The topological polar surface area (TPSA) is 61.8 Å². The van der Waals surface area contributed by atoms with Crippen molar-refractivity contribution in [3.05, 3.63) is 0 Å². The first-order chi connectivity index (χ1) is 9.20. The maximum atomic E-state index is 12.7. The highest BCUT2D eigenvalue weighted by Gasteiger charge is 2.49. The standard InChI is InChI=1S/C13H22F2N2O3/c1-13(2,3)20-12(19)17-7-4-5-8(17)9(16-6-7)10(18)11(14)15/h7-11,16,18H,4-6H2,1-3H3/t7-,8+,9-,10+/m0/s1. The molecule has 2 fully saturated rings. The number of carbonyl (C=O) groups is 1. The van der Waals surface area contributed by atoms with Crippen LogP contribution in [-0.2, 0) is 4.74 Å². The molecule has 2 saturated heterocycles. The van der Waals surface area contributed by atoms with E-state index < -0.39 is 36.3 Å². The minimum Gasteiger partial charge on any atom is -0.444 e. The van der Waals surface area contributed by atoms with Crippen molar-refractivity contribution >= 4 is 6.09 Å². The van der Waals surface area contributed by atoms with Crippen molar-refractivity contribution < 1.29 is 23.4 Å². The Kier molecular flexibility index (Phi) is 4.20. The number of nitrogens with zero attached hydrogens (tertiary/aromatic N) is 1. The minimum atomic E-state index is -2.83. The fourth-order valence-electron chi connectivity index (χ4n) is 2.98. The van der Waals surface area contributed by atoms with E-state index in [0.717, 1.165) is 6.42 Å². The van der Waals surface area contributed by atoms with Crippen LogP contribution in [0.15, 0.2) is 0 Å². The number of carbonyl (C=O) groups excluding carboxylic acids is 1. The second-order valence-electron chi connectivity index (χ2n) is 6.45. The molecule has 20 heavy (non-hydrogen) atoms. The van der Waals surface area contributed by atoms with E-state index in [4.69, 9.17) is 4.74 Å². The van der Waals surface area contributed by atoms with Crippen LogP contribution in [0.2, 0.25) is 0 Å². The van der Waals surface area contributed by atoms with Gasteiger partial charge in [0.2, 0.25) is 0 Å². The molecule has 116 valence electrons. The SMILES string of the molecule is CC(C)(C)OC(=O)N1[C@H]2CC[C@@H]1[C@@H]([C@@H](O)C(F)F)NC2. The molecule has 5 nitrogen and oxygen atoms in total. The molecule has 0 aromatic heterocycles. The molecule has 7 heteroatoms. The normalized spacial score (nSPS) is 31.6. The van der Waals surface area contributed by atoms with Gasteiger partial charge < -0.3 is 15.2 Å². The van der Waals surface area contributed by atoms with E-state index in [2.05, 4.69) is 5.32 Å². The number of halogens is 2. The zero-order valence-corrected chi connectivity index (χ0v) is 12.0. The van der Waals surface area contributed by atoms with Crippen molar-refractivity contribution in [1.82, 2.24) is 10.2 Å². The van der Waals surface area contributed by atoms with Gasteiger partial charge in [0.05, 0.1) is 12.1 Å². The van der Waals surface area contributed by atoms with Crippen LogP contribution in [0.3, 0.4) is 0 Å². The van der Waals surface area contributed by atoms with Crippen molar-refractivity contribution in [2.75, 3.05) is 6.54 Å². The summed E-state index contributed by atoms with van der Waals surface area (Å²) in [4.78, 5) is 13.7. The van der Waals surface area contributed by atoms with Gasteiger partial charge in [-0.1, -0.05) is 0 Å². The molecule has 0 aliphatic carbocycles. The molecule has 1 amide bonds. The van der Waals surface area contributed by atoms with E-state index >= 15 is 0 Å². The van der Waals surface area contributed by atoms with E-state index in [1.54, 1.807) is 20.8 Å². The summed E-state index contributed by atoms with van der Waals surface area (Å²) in [5, 5.41) is 12.5. The first-order valence-corrected chi connectivity index (χ1v) is 6.91. The molecular weight excluding hydrogens is 270 g/mol. The van der Waals surface area contributed by atoms with E-state index in [0.29, 0.717) is 13.0 Å². The van der Waals surface area contributed by atoms with Crippen molar-refractivity contribution in [2.45, 2.75) is 69.9 Å². The molecule has 4 atom stereocenters. The van der Waals surface area contributed by atoms with Gasteiger partial charge in [-0.2, -0.15) is 0 Å². The van der Waals surface area contributed by atoms with Crippen LogP contribution in [0, 0.1) is 0 Å². The fourth-order valence-corrected chi connectivity index (χ4v) is 2.98. The predicted molar refractivity (Wildman–Crippen MR) is 68.7 cm³/mol. The van der Waals surface area contributed by atoms with E-state index in [-0.39, 0.29) is 6.04 Å². The van der Waals surface area contributed by atoms with Gasteiger partial charge in [-0.3, -0.25) is 4.90 Å². The first kappa shape index (κ1) is 15.4. The lowest BCUT2D eigenvalue weighted by Gasteiger charge is -2.42. The third-order valence-electron chi connectivity index (χ3n) is 3.78. The number of hydrogen-bond acceptors (Lipinski definition) is 4. The van der Waals surface area contributed by atoms with Gasteiger partial charge in [0, 0.05) is 12.6 Å². The number of aliphatic hydroxyl groups is 1. The summed E-state index contributed by atoms with van der Waals surface area (Å²) < 4.78 is 30.8. The van der Waals surface area contributed by atoms with Crippen LogP contribution < -0.4 is 5.32 Å². The van der Waals surface area contributed by atoms with Gasteiger partial charge in [0.25, 0.3) is 6.43 Å². The smallest absolute Gasteiger partial charge is 0.410 e. The van der Waals surface area contributed by atoms with Gasteiger partial charge >= 0.3 is 6.09 Å². The van der Waals surface area contributed by atoms with Gasteiger partial charge in [-0.15, -0.1) is 0 Å². The highest BCUT2D eigenvalue weighted by atomic mass is 19.3. The third kappa shape index (κ3) is 3.03. The molecule has 2 aliphatic heterocycles. The van der Waals surface area contributed by atoms with Crippen LogP contribution in [0.25, 0.3) is 0 Å². The lowest BCUT2D eigenvalue weighted by molar-refractivity contribution is -0.0575. The molecule has 0 radical (unpaired) electrons. The maximum Gasteiger partial charge on any atom is 0.410 e. The average Bonchev–Trinajstić information content (AvgIpc) is 2.61. The lowest BCUT2D eigenvalue weighted by Crippen LogP contribution is -2.64. The van der Waals surface area contributed by atoms with Gasteiger partial charge in [-0.25, -0.2) is 13.6 Å². The highest BCUT2D eigenvalue weighted by Crippen LogP contribution is 2.33. The number of alkyl halides is 2. The second kappa shape index (κ2) is 5.44. The molecule has 0 saturated carbocycles. The van der Waals surface area contributed by atoms with Crippen molar-refractivity contribution in [2.24, 2.45) is 0 Å². The largest absolute Gasteiger partial charge is 0.444 e. The summed E-state index contributed by atoms with van der Waals surface area (Å²) in [7, 11) is 0. The maximum absolute atomic E-state index is 12.7.